The highest BCUT2D eigenvalue weighted by atomic mass is 35.5. The lowest BCUT2D eigenvalue weighted by molar-refractivity contribution is 0.306. The third kappa shape index (κ3) is 5.07. The number of rotatable bonds is 7. The average molecular weight is 549 g/mol. The lowest BCUT2D eigenvalue weighted by Gasteiger charge is -2.16. The van der Waals surface area contributed by atoms with Crippen LogP contribution in [0.4, 0.5) is 5.69 Å². The Morgan fingerprint density at radius 3 is 2.55 bits per heavy atom. The van der Waals surface area contributed by atoms with Crippen molar-refractivity contribution in [1.82, 2.24) is 9.66 Å². The molecule has 0 aliphatic rings. The molecular formula is C32H25ClN4O3. The Balaban J connectivity index is 1.44. The summed E-state index contributed by atoms with van der Waals surface area (Å²) in [6.45, 7) is 0.344. The summed E-state index contributed by atoms with van der Waals surface area (Å²) in [7, 11) is 3.93. The van der Waals surface area contributed by atoms with Crippen LogP contribution in [0.25, 0.3) is 33.5 Å². The number of ether oxygens (including phenoxy) is 1. The topological polar surface area (TPSA) is 72.9 Å². The van der Waals surface area contributed by atoms with Gasteiger partial charge in [0.25, 0.3) is 5.56 Å². The highest BCUT2D eigenvalue weighted by Crippen LogP contribution is 2.28. The minimum Gasteiger partial charge on any atom is -0.488 e. The molecule has 7 nitrogen and oxygen atoms in total. The lowest BCUT2D eigenvalue weighted by Crippen LogP contribution is -2.20. The molecule has 0 atom stereocenters. The van der Waals surface area contributed by atoms with E-state index in [1.165, 1.54) is 4.68 Å². The molecular weight excluding hydrogens is 524 g/mol. The third-order valence-electron chi connectivity index (χ3n) is 6.53. The monoisotopic (exact) mass is 548 g/mol. The molecule has 6 rings (SSSR count). The molecule has 4 aromatic carbocycles. The van der Waals surface area contributed by atoms with Crippen LogP contribution in [0.5, 0.6) is 5.75 Å². The number of para-hydroxylation sites is 2. The van der Waals surface area contributed by atoms with Crippen LogP contribution in [0.15, 0.2) is 111 Å². The highest BCUT2D eigenvalue weighted by molar-refractivity contribution is 6.30. The first-order valence-electron chi connectivity index (χ1n) is 12.7. The van der Waals surface area contributed by atoms with Crippen molar-refractivity contribution in [2.45, 2.75) is 6.61 Å². The van der Waals surface area contributed by atoms with Crippen LogP contribution in [0.1, 0.15) is 11.1 Å². The molecule has 40 heavy (non-hydrogen) atoms. The quantitative estimate of drug-likeness (QED) is 0.201. The van der Waals surface area contributed by atoms with E-state index in [9.17, 15) is 4.79 Å². The fourth-order valence-electron chi connectivity index (χ4n) is 4.38. The van der Waals surface area contributed by atoms with Gasteiger partial charge >= 0.3 is 0 Å². The molecule has 0 fully saturated rings. The average Bonchev–Trinajstić information content (AvgIpc) is 3.41. The lowest BCUT2D eigenvalue weighted by atomic mass is 10.2. The summed E-state index contributed by atoms with van der Waals surface area (Å²) in [5.41, 5.74) is 3.62. The van der Waals surface area contributed by atoms with E-state index < -0.39 is 0 Å². The summed E-state index contributed by atoms with van der Waals surface area (Å²) in [4.78, 5) is 20.4. The van der Waals surface area contributed by atoms with Crippen molar-refractivity contribution in [1.29, 1.82) is 0 Å². The van der Waals surface area contributed by atoms with Crippen LogP contribution < -0.4 is 15.2 Å². The Morgan fingerprint density at radius 1 is 0.975 bits per heavy atom. The molecule has 0 saturated carbocycles. The number of anilines is 1. The minimum atomic E-state index is -0.300. The van der Waals surface area contributed by atoms with Crippen LogP contribution in [-0.4, -0.2) is 30.0 Å². The second-order valence-corrected chi connectivity index (χ2v) is 9.93. The summed E-state index contributed by atoms with van der Waals surface area (Å²) in [6.07, 6.45) is 1.61. The maximum absolute atomic E-state index is 13.6. The van der Waals surface area contributed by atoms with Crippen LogP contribution in [-0.2, 0) is 6.61 Å². The smallest absolute Gasteiger partial charge is 0.282 e. The van der Waals surface area contributed by atoms with E-state index in [0.29, 0.717) is 51.0 Å². The number of aromatic nitrogens is 2. The van der Waals surface area contributed by atoms with Gasteiger partial charge in [-0.3, -0.25) is 4.79 Å². The Labute approximate surface area is 235 Å². The molecule has 0 aliphatic heterocycles. The number of halogens is 1. The Morgan fingerprint density at radius 2 is 1.75 bits per heavy atom. The number of benzene rings is 4. The van der Waals surface area contributed by atoms with Gasteiger partial charge in [0.1, 0.15) is 17.9 Å². The molecule has 0 aliphatic carbocycles. The maximum atomic E-state index is 13.6. The largest absolute Gasteiger partial charge is 0.488 e. The first-order chi connectivity index (χ1) is 19.5. The Bertz CT molecular complexity index is 1890. The van der Waals surface area contributed by atoms with Gasteiger partial charge in [-0.25, -0.2) is 4.98 Å². The van der Waals surface area contributed by atoms with Gasteiger partial charge in [-0.05, 0) is 54.1 Å². The van der Waals surface area contributed by atoms with E-state index in [4.69, 9.17) is 25.7 Å². The summed E-state index contributed by atoms with van der Waals surface area (Å²) >= 11 is 6.03. The zero-order chi connectivity index (χ0) is 27.6. The van der Waals surface area contributed by atoms with Crippen LogP contribution in [0, 0.1) is 0 Å². The zero-order valence-electron chi connectivity index (χ0n) is 21.9. The van der Waals surface area contributed by atoms with Crippen molar-refractivity contribution in [3.8, 4) is 17.3 Å². The molecule has 0 N–H and O–H groups in total. The van der Waals surface area contributed by atoms with E-state index in [-0.39, 0.29) is 5.56 Å². The van der Waals surface area contributed by atoms with Gasteiger partial charge in [-0.15, -0.1) is 0 Å². The summed E-state index contributed by atoms with van der Waals surface area (Å²) in [5, 5.41) is 6.66. The van der Waals surface area contributed by atoms with Crippen molar-refractivity contribution in [2.24, 2.45) is 5.10 Å². The second kappa shape index (κ2) is 10.7. The third-order valence-corrected chi connectivity index (χ3v) is 6.79. The van der Waals surface area contributed by atoms with Crippen LogP contribution >= 0.6 is 11.6 Å². The molecule has 8 heteroatoms. The molecule has 0 unspecified atom stereocenters. The predicted octanol–water partition coefficient (Wildman–Crippen LogP) is 6.99. The maximum Gasteiger partial charge on any atom is 0.282 e. The molecule has 0 bridgehead atoms. The molecule has 2 aromatic heterocycles. The first-order valence-corrected chi connectivity index (χ1v) is 13.1. The normalized spacial score (nSPS) is 11.5. The molecule has 0 amide bonds. The number of nitrogens with zero attached hydrogens (tertiary/aromatic N) is 4. The summed E-state index contributed by atoms with van der Waals surface area (Å²) in [5.74, 6) is 1.38. The highest BCUT2D eigenvalue weighted by Gasteiger charge is 2.16. The first kappa shape index (κ1) is 25.4. The van der Waals surface area contributed by atoms with E-state index in [1.807, 2.05) is 104 Å². The van der Waals surface area contributed by atoms with Gasteiger partial charge in [0.05, 0.1) is 17.1 Å². The number of furan rings is 1. The zero-order valence-corrected chi connectivity index (χ0v) is 22.7. The van der Waals surface area contributed by atoms with Gasteiger partial charge in [0.15, 0.2) is 5.76 Å². The molecule has 0 spiro atoms. The second-order valence-electron chi connectivity index (χ2n) is 9.49. The number of hydrogen-bond acceptors (Lipinski definition) is 6. The SMILES string of the molecule is CN(C)c1ccc(C=Nn2c(-c3cc4ccccc4o3)nc3ccccc3c2=O)c(OCc2ccc(Cl)cc2)c1. The fraction of sp³-hybridized carbons (Fsp3) is 0.0938. The molecule has 6 aromatic rings. The fourth-order valence-corrected chi connectivity index (χ4v) is 4.50. The van der Waals surface area contributed by atoms with Gasteiger partial charge in [-0.1, -0.05) is 54.1 Å². The van der Waals surface area contributed by atoms with Gasteiger partial charge in [-0.2, -0.15) is 9.78 Å². The Hall–Kier alpha value is -4.88. The molecule has 2 heterocycles. The van der Waals surface area contributed by atoms with Crippen LogP contribution in [0.2, 0.25) is 5.02 Å². The van der Waals surface area contributed by atoms with Crippen molar-refractivity contribution < 1.29 is 9.15 Å². The molecule has 0 radical (unpaired) electrons. The number of fused-ring (bicyclic) bond motifs is 2. The van der Waals surface area contributed by atoms with Gasteiger partial charge in [0, 0.05) is 41.8 Å². The van der Waals surface area contributed by atoms with Gasteiger partial charge < -0.3 is 14.1 Å². The summed E-state index contributed by atoms with van der Waals surface area (Å²) < 4.78 is 13.6. The number of hydrogen-bond donors (Lipinski definition) is 0. The van der Waals surface area contributed by atoms with Crippen molar-refractivity contribution in [3.63, 3.8) is 0 Å². The van der Waals surface area contributed by atoms with Gasteiger partial charge in [0.2, 0.25) is 5.82 Å². The summed E-state index contributed by atoms with van der Waals surface area (Å²) in [6, 6.07) is 30.1. The molecule has 0 saturated heterocycles. The standard InChI is InChI=1S/C32H25ClN4O3/c1-36(2)25-16-13-23(29(18-25)39-20-21-11-14-24(33)15-12-21)19-34-37-31(30-17-22-7-3-6-10-28(22)40-30)35-27-9-5-4-8-26(27)32(37)38/h3-19H,20H2,1-2H3. The van der Waals surface area contributed by atoms with E-state index >= 15 is 0 Å². The minimum absolute atomic E-state index is 0.300. The van der Waals surface area contributed by atoms with Crippen molar-refractivity contribution in [2.75, 3.05) is 19.0 Å². The van der Waals surface area contributed by atoms with Crippen LogP contribution in [0.3, 0.4) is 0 Å². The van der Waals surface area contributed by atoms with E-state index in [2.05, 4.69) is 5.10 Å². The predicted molar refractivity (Wildman–Crippen MR) is 161 cm³/mol. The van der Waals surface area contributed by atoms with E-state index in [1.54, 1.807) is 18.3 Å². The van der Waals surface area contributed by atoms with E-state index in [0.717, 1.165) is 16.6 Å². The molecule has 198 valence electrons. The van der Waals surface area contributed by atoms with Crippen molar-refractivity contribution >= 4 is 45.4 Å². The Kier molecular flexibility index (Phi) is 6.80. The van der Waals surface area contributed by atoms with Crippen molar-refractivity contribution in [3.05, 3.63) is 124 Å².